The van der Waals surface area contributed by atoms with E-state index in [1.165, 1.54) is 16.6 Å². The van der Waals surface area contributed by atoms with Crippen molar-refractivity contribution >= 4 is 30.9 Å². The maximum absolute atomic E-state index is 6.33. The number of halogens is 1. The summed E-state index contributed by atoms with van der Waals surface area (Å²) >= 11 is 2.43. The molecule has 2 nitrogen and oxygen atoms in total. The molecular weight excluding hydrogens is 427 g/mol. The Bertz CT molecular complexity index is 474. The maximum Gasteiger partial charge on any atom is 0.191 e. The van der Waals surface area contributed by atoms with Crippen LogP contribution in [0.15, 0.2) is 16.5 Å². The molecule has 0 aliphatic rings. The van der Waals surface area contributed by atoms with Gasteiger partial charge in [-0.2, -0.15) is 0 Å². The molecule has 0 amide bonds. The fraction of sp³-hybridized carbons (Fsp3) is 0.800. The second kappa shape index (κ2) is 9.77. The summed E-state index contributed by atoms with van der Waals surface area (Å²) in [5, 5.41) is 0.291. The van der Waals surface area contributed by atoms with Crippen LogP contribution in [0.1, 0.15) is 71.3 Å². The maximum atomic E-state index is 6.33. The summed E-state index contributed by atoms with van der Waals surface area (Å²) in [5.74, 6) is 3.41. The molecule has 1 heterocycles. The van der Waals surface area contributed by atoms with Gasteiger partial charge in [0.25, 0.3) is 0 Å². The van der Waals surface area contributed by atoms with Crippen LogP contribution in [0.25, 0.3) is 0 Å². The largest absolute Gasteiger partial charge is 0.466 e. The monoisotopic (exact) mass is 464 g/mol. The molecule has 0 N–H and O–H groups in total. The standard InChI is InChI=1S/C20H37IO2Si/c1-16(2)18(19-13-12-17(23-19)10-8-14-21)11-9-15-22-24(6,7)20(3,4)5/h12-13,16,18H,8-11,14-15H2,1-7H3. The third-order valence-electron chi connectivity index (χ3n) is 5.34. The van der Waals surface area contributed by atoms with Crippen LogP contribution in [0.5, 0.6) is 0 Å². The van der Waals surface area contributed by atoms with E-state index in [2.05, 4.69) is 82.4 Å². The van der Waals surface area contributed by atoms with E-state index in [-0.39, 0.29) is 0 Å². The van der Waals surface area contributed by atoms with E-state index in [9.17, 15) is 0 Å². The molecule has 0 saturated heterocycles. The van der Waals surface area contributed by atoms with Crippen molar-refractivity contribution in [3.05, 3.63) is 23.7 Å². The minimum atomic E-state index is -1.62. The number of aryl methyl sites for hydroxylation is 1. The molecule has 0 aromatic carbocycles. The zero-order valence-electron chi connectivity index (χ0n) is 16.7. The zero-order chi connectivity index (χ0) is 18.4. The van der Waals surface area contributed by atoms with Gasteiger partial charge in [0, 0.05) is 18.9 Å². The van der Waals surface area contributed by atoms with Gasteiger partial charge in [-0.3, -0.25) is 0 Å². The van der Waals surface area contributed by atoms with E-state index >= 15 is 0 Å². The predicted octanol–water partition coefficient (Wildman–Crippen LogP) is 7.19. The lowest BCUT2D eigenvalue weighted by Crippen LogP contribution is -2.41. The third kappa shape index (κ3) is 6.83. The highest BCUT2D eigenvalue weighted by Gasteiger charge is 2.36. The fourth-order valence-corrected chi connectivity index (χ4v) is 4.09. The molecule has 1 unspecified atom stereocenters. The summed E-state index contributed by atoms with van der Waals surface area (Å²) in [4.78, 5) is 0. The Morgan fingerprint density at radius 1 is 1.17 bits per heavy atom. The first-order chi connectivity index (χ1) is 11.1. The molecule has 1 aromatic heterocycles. The van der Waals surface area contributed by atoms with Crippen molar-refractivity contribution in [2.24, 2.45) is 5.92 Å². The van der Waals surface area contributed by atoms with Crippen molar-refractivity contribution in [3.63, 3.8) is 0 Å². The molecule has 1 aromatic rings. The lowest BCUT2D eigenvalue weighted by molar-refractivity contribution is 0.262. The van der Waals surface area contributed by atoms with E-state index in [1.54, 1.807) is 0 Å². The number of furan rings is 1. The first-order valence-corrected chi connectivity index (χ1v) is 13.8. The van der Waals surface area contributed by atoms with Gasteiger partial charge >= 0.3 is 0 Å². The Morgan fingerprint density at radius 2 is 1.83 bits per heavy atom. The van der Waals surface area contributed by atoms with E-state index in [0.29, 0.717) is 16.9 Å². The molecule has 0 fully saturated rings. The van der Waals surface area contributed by atoms with Crippen LogP contribution in [0.3, 0.4) is 0 Å². The second-order valence-corrected chi connectivity index (χ2v) is 14.6. The normalized spacial score (nSPS) is 14.4. The van der Waals surface area contributed by atoms with Gasteiger partial charge in [0.15, 0.2) is 8.32 Å². The number of rotatable bonds is 10. The van der Waals surface area contributed by atoms with Crippen LogP contribution >= 0.6 is 22.6 Å². The molecule has 4 heteroatoms. The van der Waals surface area contributed by atoms with E-state index in [4.69, 9.17) is 8.84 Å². The fourth-order valence-electron chi connectivity index (χ4n) is 2.62. The minimum Gasteiger partial charge on any atom is -0.466 e. The highest BCUT2D eigenvalue weighted by molar-refractivity contribution is 14.1. The molecule has 1 rings (SSSR count). The van der Waals surface area contributed by atoms with Gasteiger partial charge in [-0.15, -0.1) is 0 Å². The number of alkyl halides is 1. The van der Waals surface area contributed by atoms with E-state index < -0.39 is 8.32 Å². The van der Waals surface area contributed by atoms with Crippen molar-refractivity contribution in [1.29, 1.82) is 0 Å². The third-order valence-corrected chi connectivity index (χ3v) is 10.6. The van der Waals surface area contributed by atoms with Gasteiger partial charge in [-0.05, 0) is 59.9 Å². The van der Waals surface area contributed by atoms with Crippen LogP contribution in [0.2, 0.25) is 18.1 Å². The Hall–Kier alpha value is 0.187. The smallest absolute Gasteiger partial charge is 0.191 e. The molecule has 0 aliphatic carbocycles. The molecule has 0 spiro atoms. The highest BCUT2D eigenvalue weighted by atomic mass is 127. The van der Waals surface area contributed by atoms with Gasteiger partial charge in [-0.25, -0.2) is 0 Å². The van der Waals surface area contributed by atoms with Gasteiger partial charge in [-0.1, -0.05) is 57.2 Å². The molecule has 0 saturated carbocycles. The van der Waals surface area contributed by atoms with Crippen molar-refractivity contribution in [1.82, 2.24) is 0 Å². The summed E-state index contributed by atoms with van der Waals surface area (Å²) in [7, 11) is -1.62. The van der Waals surface area contributed by atoms with E-state index in [1.807, 2.05) is 0 Å². The molecule has 0 radical (unpaired) electrons. The summed E-state index contributed by atoms with van der Waals surface area (Å²) in [6, 6.07) is 4.37. The second-order valence-electron chi connectivity index (χ2n) is 8.70. The van der Waals surface area contributed by atoms with Crippen LogP contribution in [-0.2, 0) is 10.8 Å². The predicted molar refractivity (Wildman–Crippen MR) is 116 cm³/mol. The van der Waals surface area contributed by atoms with Crippen LogP contribution < -0.4 is 0 Å². The van der Waals surface area contributed by atoms with Gasteiger partial charge in [0.1, 0.15) is 11.5 Å². The topological polar surface area (TPSA) is 22.4 Å². The quantitative estimate of drug-likeness (QED) is 0.158. The lowest BCUT2D eigenvalue weighted by atomic mass is 9.89. The first-order valence-electron chi connectivity index (χ1n) is 9.37. The average Bonchev–Trinajstić information content (AvgIpc) is 2.91. The first kappa shape index (κ1) is 22.2. The Labute approximate surface area is 164 Å². The highest BCUT2D eigenvalue weighted by Crippen LogP contribution is 2.37. The zero-order valence-corrected chi connectivity index (χ0v) is 19.9. The summed E-state index contributed by atoms with van der Waals surface area (Å²) in [6.45, 7) is 17.0. The van der Waals surface area contributed by atoms with Crippen LogP contribution in [-0.4, -0.2) is 19.4 Å². The minimum absolute atomic E-state index is 0.291. The van der Waals surface area contributed by atoms with Crippen molar-refractivity contribution < 1.29 is 8.84 Å². The van der Waals surface area contributed by atoms with Crippen molar-refractivity contribution in [2.75, 3.05) is 11.0 Å². The average molecular weight is 465 g/mol. The van der Waals surface area contributed by atoms with Gasteiger partial charge in [0.2, 0.25) is 0 Å². The number of hydrogen-bond donors (Lipinski definition) is 0. The molecular formula is C20H37IO2Si. The molecule has 24 heavy (non-hydrogen) atoms. The van der Waals surface area contributed by atoms with Gasteiger partial charge in [0.05, 0.1) is 0 Å². The molecule has 0 bridgehead atoms. The Kier molecular flexibility index (Phi) is 9.05. The summed E-state index contributed by atoms with van der Waals surface area (Å²) in [6.07, 6.45) is 4.51. The molecule has 0 aliphatic heterocycles. The SMILES string of the molecule is CC(C)C(CCCO[Si](C)(C)C(C)(C)C)c1ccc(CCCI)o1. The Morgan fingerprint density at radius 3 is 2.38 bits per heavy atom. The summed E-state index contributed by atoms with van der Waals surface area (Å²) < 4.78 is 13.6. The van der Waals surface area contributed by atoms with Crippen molar-refractivity contribution in [3.8, 4) is 0 Å². The summed E-state index contributed by atoms with van der Waals surface area (Å²) in [5.41, 5.74) is 0. The van der Waals surface area contributed by atoms with Crippen molar-refractivity contribution in [2.45, 2.75) is 84.4 Å². The van der Waals surface area contributed by atoms with Crippen LogP contribution in [0.4, 0.5) is 0 Å². The lowest BCUT2D eigenvalue weighted by Gasteiger charge is -2.36. The molecule has 1 atom stereocenters. The molecule has 140 valence electrons. The van der Waals surface area contributed by atoms with Gasteiger partial charge < -0.3 is 8.84 Å². The Balaban J connectivity index is 2.54. The van der Waals surface area contributed by atoms with Crippen LogP contribution in [0, 0.1) is 5.92 Å². The number of hydrogen-bond acceptors (Lipinski definition) is 2. The van der Waals surface area contributed by atoms with E-state index in [0.717, 1.165) is 31.6 Å².